The Labute approximate surface area is 89.0 Å². The molecule has 2 aromatic rings. The number of halogens is 1. The zero-order valence-electron chi connectivity index (χ0n) is 7.40. The summed E-state index contributed by atoms with van der Waals surface area (Å²) in [5.74, 6) is 0.517. The van der Waals surface area contributed by atoms with Crippen LogP contribution < -0.4 is 4.74 Å². The van der Waals surface area contributed by atoms with E-state index >= 15 is 0 Å². The molecular weight excluding hydrogens is 248 g/mol. The molecule has 0 amide bonds. The minimum Gasteiger partial charge on any atom is -0.452 e. The van der Waals surface area contributed by atoms with E-state index in [1.807, 2.05) is 24.3 Å². The van der Waals surface area contributed by atoms with E-state index in [1.165, 1.54) is 7.11 Å². The van der Waals surface area contributed by atoms with Crippen LogP contribution in [0.5, 0.6) is 6.08 Å². The van der Waals surface area contributed by atoms with Gasteiger partial charge in [-0.2, -0.15) is 4.98 Å². The lowest BCUT2D eigenvalue weighted by Crippen LogP contribution is -1.82. The number of ether oxygens (including phenoxy) is 1. The standard InChI is InChI=1S/C9H7BrN2O2/c1-13-9-11-8(12-14-9)6-3-2-4-7(10)5-6/h2-5H,1H3. The fraction of sp³-hybridized carbons (Fsp3) is 0.111. The number of hydrogen-bond acceptors (Lipinski definition) is 4. The van der Waals surface area contributed by atoms with Crippen molar-refractivity contribution in [1.82, 2.24) is 10.1 Å². The Kier molecular flexibility index (Phi) is 2.49. The highest BCUT2D eigenvalue weighted by Gasteiger charge is 2.07. The van der Waals surface area contributed by atoms with Gasteiger partial charge in [0.2, 0.25) is 5.82 Å². The normalized spacial score (nSPS) is 10.1. The first-order chi connectivity index (χ1) is 6.79. The van der Waals surface area contributed by atoms with E-state index in [4.69, 9.17) is 9.26 Å². The van der Waals surface area contributed by atoms with Gasteiger partial charge in [-0.15, -0.1) is 0 Å². The highest BCUT2D eigenvalue weighted by molar-refractivity contribution is 9.10. The lowest BCUT2D eigenvalue weighted by molar-refractivity contribution is 0.250. The van der Waals surface area contributed by atoms with E-state index in [9.17, 15) is 0 Å². The molecule has 72 valence electrons. The zero-order valence-corrected chi connectivity index (χ0v) is 8.98. The molecule has 1 aromatic carbocycles. The van der Waals surface area contributed by atoms with E-state index in [0.717, 1.165) is 10.0 Å². The summed E-state index contributed by atoms with van der Waals surface area (Å²) >= 11 is 3.37. The monoisotopic (exact) mass is 254 g/mol. The number of rotatable bonds is 2. The second kappa shape index (κ2) is 3.79. The molecule has 5 heteroatoms. The van der Waals surface area contributed by atoms with Gasteiger partial charge in [0, 0.05) is 10.0 Å². The van der Waals surface area contributed by atoms with Gasteiger partial charge >= 0.3 is 6.08 Å². The molecule has 4 nitrogen and oxygen atoms in total. The molecule has 0 atom stereocenters. The molecule has 0 bridgehead atoms. The predicted octanol–water partition coefficient (Wildman–Crippen LogP) is 2.51. The number of aromatic nitrogens is 2. The zero-order chi connectivity index (χ0) is 9.97. The fourth-order valence-corrected chi connectivity index (χ4v) is 1.44. The molecule has 0 aliphatic heterocycles. The fourth-order valence-electron chi connectivity index (χ4n) is 1.04. The van der Waals surface area contributed by atoms with E-state index < -0.39 is 0 Å². The molecule has 0 fully saturated rings. The van der Waals surface area contributed by atoms with Crippen LogP contribution in [-0.2, 0) is 0 Å². The van der Waals surface area contributed by atoms with Gasteiger partial charge in [0.25, 0.3) is 0 Å². The first kappa shape index (κ1) is 9.21. The summed E-state index contributed by atoms with van der Waals surface area (Å²) in [5, 5.41) is 3.77. The Morgan fingerprint density at radius 1 is 1.43 bits per heavy atom. The van der Waals surface area contributed by atoms with Crippen LogP contribution in [0, 0.1) is 0 Å². The van der Waals surface area contributed by atoms with Crippen LogP contribution in [0.3, 0.4) is 0 Å². The minimum atomic E-state index is 0.167. The molecule has 0 aliphatic rings. The first-order valence-electron chi connectivity index (χ1n) is 3.93. The second-order valence-corrected chi connectivity index (χ2v) is 3.51. The van der Waals surface area contributed by atoms with E-state index in [2.05, 4.69) is 26.1 Å². The van der Waals surface area contributed by atoms with E-state index in [-0.39, 0.29) is 6.08 Å². The molecule has 0 saturated carbocycles. The Bertz CT molecular complexity index is 442. The van der Waals surface area contributed by atoms with E-state index in [0.29, 0.717) is 5.82 Å². The average Bonchev–Trinajstić information content (AvgIpc) is 2.66. The molecule has 0 radical (unpaired) electrons. The third-order valence-electron chi connectivity index (χ3n) is 1.66. The van der Waals surface area contributed by atoms with Crippen molar-refractivity contribution in [1.29, 1.82) is 0 Å². The molecule has 2 rings (SSSR count). The Morgan fingerprint density at radius 3 is 2.93 bits per heavy atom. The van der Waals surface area contributed by atoms with Crippen molar-refractivity contribution in [2.24, 2.45) is 0 Å². The molecule has 0 aliphatic carbocycles. The van der Waals surface area contributed by atoms with Crippen molar-refractivity contribution >= 4 is 15.9 Å². The third kappa shape index (κ3) is 1.77. The summed E-state index contributed by atoms with van der Waals surface area (Å²) in [5.41, 5.74) is 0.881. The lowest BCUT2D eigenvalue weighted by atomic mass is 10.2. The van der Waals surface area contributed by atoms with Gasteiger partial charge in [0.05, 0.1) is 7.11 Å². The van der Waals surface area contributed by atoms with Gasteiger partial charge in [-0.3, -0.25) is 4.52 Å². The molecule has 0 unspecified atom stereocenters. The van der Waals surface area contributed by atoms with Crippen LogP contribution in [0.2, 0.25) is 0 Å². The van der Waals surface area contributed by atoms with Crippen molar-refractivity contribution in [3.63, 3.8) is 0 Å². The van der Waals surface area contributed by atoms with Crippen molar-refractivity contribution in [3.8, 4) is 17.5 Å². The van der Waals surface area contributed by atoms with Gasteiger partial charge in [-0.1, -0.05) is 33.2 Å². The van der Waals surface area contributed by atoms with Gasteiger partial charge in [-0.25, -0.2) is 0 Å². The molecule has 0 N–H and O–H groups in total. The molecule has 1 aromatic heterocycles. The summed E-state index contributed by atoms with van der Waals surface area (Å²) in [6, 6.07) is 7.64. The predicted molar refractivity (Wildman–Crippen MR) is 54.0 cm³/mol. The van der Waals surface area contributed by atoms with Crippen molar-refractivity contribution < 1.29 is 9.26 Å². The summed E-state index contributed by atoms with van der Waals surface area (Å²) < 4.78 is 10.6. The van der Waals surface area contributed by atoms with Crippen LogP contribution in [0.15, 0.2) is 33.3 Å². The highest BCUT2D eigenvalue weighted by atomic mass is 79.9. The summed E-state index contributed by atoms with van der Waals surface area (Å²) in [6.07, 6.45) is 0.167. The Hall–Kier alpha value is -1.36. The number of benzene rings is 1. The first-order valence-corrected chi connectivity index (χ1v) is 4.72. The summed E-state index contributed by atoms with van der Waals surface area (Å²) in [7, 11) is 1.48. The van der Waals surface area contributed by atoms with Crippen LogP contribution in [0.1, 0.15) is 0 Å². The van der Waals surface area contributed by atoms with Crippen LogP contribution in [0.4, 0.5) is 0 Å². The Balaban J connectivity index is 2.39. The quantitative estimate of drug-likeness (QED) is 0.827. The Morgan fingerprint density at radius 2 is 2.29 bits per heavy atom. The van der Waals surface area contributed by atoms with Crippen molar-refractivity contribution in [2.75, 3.05) is 7.11 Å². The third-order valence-corrected chi connectivity index (χ3v) is 2.16. The molecule has 0 spiro atoms. The van der Waals surface area contributed by atoms with Crippen LogP contribution in [0.25, 0.3) is 11.4 Å². The second-order valence-electron chi connectivity index (χ2n) is 2.60. The highest BCUT2D eigenvalue weighted by Crippen LogP contribution is 2.21. The lowest BCUT2D eigenvalue weighted by Gasteiger charge is -1.93. The van der Waals surface area contributed by atoms with Gasteiger partial charge in [0.15, 0.2) is 0 Å². The number of hydrogen-bond donors (Lipinski definition) is 0. The summed E-state index contributed by atoms with van der Waals surface area (Å²) in [4.78, 5) is 4.02. The van der Waals surface area contributed by atoms with Crippen molar-refractivity contribution in [3.05, 3.63) is 28.7 Å². The molecule has 0 saturated heterocycles. The number of methoxy groups -OCH3 is 1. The average molecular weight is 255 g/mol. The van der Waals surface area contributed by atoms with Crippen molar-refractivity contribution in [2.45, 2.75) is 0 Å². The van der Waals surface area contributed by atoms with Gasteiger partial charge in [-0.05, 0) is 12.1 Å². The smallest absolute Gasteiger partial charge is 0.417 e. The van der Waals surface area contributed by atoms with E-state index in [1.54, 1.807) is 0 Å². The topological polar surface area (TPSA) is 48.2 Å². The van der Waals surface area contributed by atoms with Crippen LogP contribution >= 0.6 is 15.9 Å². The minimum absolute atomic E-state index is 0.167. The summed E-state index contributed by atoms with van der Waals surface area (Å²) in [6.45, 7) is 0. The van der Waals surface area contributed by atoms with Gasteiger partial charge < -0.3 is 4.74 Å². The maximum absolute atomic E-state index is 4.81. The van der Waals surface area contributed by atoms with Crippen LogP contribution in [-0.4, -0.2) is 17.3 Å². The molecule has 14 heavy (non-hydrogen) atoms. The maximum atomic E-state index is 4.81. The molecule has 1 heterocycles. The largest absolute Gasteiger partial charge is 0.452 e. The maximum Gasteiger partial charge on any atom is 0.417 e. The van der Waals surface area contributed by atoms with Gasteiger partial charge in [0.1, 0.15) is 0 Å². The molecular formula is C9H7BrN2O2. The number of nitrogens with zero attached hydrogens (tertiary/aromatic N) is 2. The SMILES string of the molecule is COc1nc(-c2cccc(Br)c2)no1.